The molecule has 0 spiro atoms. The van der Waals surface area contributed by atoms with Crippen LogP contribution in [-0.2, 0) is 16.0 Å². The molecule has 0 saturated carbocycles. The van der Waals surface area contributed by atoms with Crippen LogP contribution >= 0.6 is 22.7 Å². The van der Waals surface area contributed by atoms with E-state index in [1.165, 1.54) is 29.8 Å². The van der Waals surface area contributed by atoms with Crippen LogP contribution in [0.5, 0.6) is 0 Å². The highest BCUT2D eigenvalue weighted by Crippen LogP contribution is 2.33. The Morgan fingerprint density at radius 3 is 2.69 bits per heavy atom. The average molecular weight is 426 g/mol. The van der Waals surface area contributed by atoms with Gasteiger partial charge >= 0.3 is 5.97 Å². The normalized spacial score (nSPS) is 11.0. The first-order chi connectivity index (χ1) is 14.0. The van der Waals surface area contributed by atoms with Gasteiger partial charge in [0.15, 0.2) is 4.96 Å². The minimum absolute atomic E-state index is 0.182. The monoisotopic (exact) mass is 425 g/mol. The van der Waals surface area contributed by atoms with E-state index in [2.05, 4.69) is 10.3 Å². The maximum absolute atomic E-state index is 12.7. The molecule has 3 heterocycles. The Morgan fingerprint density at radius 1 is 1.21 bits per heavy atom. The highest BCUT2D eigenvalue weighted by Gasteiger charge is 2.22. The summed E-state index contributed by atoms with van der Waals surface area (Å²) < 4.78 is 6.81. The minimum Gasteiger partial charge on any atom is -0.465 e. The molecule has 148 valence electrons. The van der Waals surface area contributed by atoms with E-state index in [1.54, 1.807) is 0 Å². The Labute approximate surface area is 175 Å². The summed E-state index contributed by atoms with van der Waals surface area (Å²) >= 11 is 2.88. The lowest BCUT2D eigenvalue weighted by molar-refractivity contribution is -0.115. The number of methoxy groups -OCH3 is 1. The molecular formula is C21H19N3O3S2. The number of carbonyl (C=O) groups excluding carboxylic acids is 2. The minimum atomic E-state index is -0.442. The van der Waals surface area contributed by atoms with E-state index >= 15 is 0 Å². The van der Waals surface area contributed by atoms with Gasteiger partial charge in [-0.2, -0.15) is 0 Å². The summed E-state index contributed by atoms with van der Waals surface area (Å²) in [6.45, 7) is 3.77. The first kappa shape index (κ1) is 19.4. The van der Waals surface area contributed by atoms with Gasteiger partial charge in [-0.1, -0.05) is 30.3 Å². The molecule has 0 unspecified atom stereocenters. The van der Waals surface area contributed by atoms with Crippen LogP contribution in [0.15, 0.2) is 41.9 Å². The van der Waals surface area contributed by atoms with Gasteiger partial charge in [-0.25, -0.2) is 9.78 Å². The second kappa shape index (κ2) is 7.81. The van der Waals surface area contributed by atoms with Gasteiger partial charge in [0.05, 0.1) is 24.8 Å². The summed E-state index contributed by atoms with van der Waals surface area (Å²) in [6, 6.07) is 9.93. The van der Waals surface area contributed by atoms with Gasteiger partial charge < -0.3 is 10.1 Å². The molecule has 1 amide bonds. The lowest BCUT2D eigenvalue weighted by Crippen LogP contribution is -2.17. The van der Waals surface area contributed by atoms with Crippen molar-refractivity contribution in [2.45, 2.75) is 20.3 Å². The molecule has 0 aliphatic heterocycles. The number of carbonyl (C=O) groups is 2. The number of thiazole rings is 1. The highest BCUT2D eigenvalue weighted by molar-refractivity contribution is 7.17. The van der Waals surface area contributed by atoms with Crippen LogP contribution in [0.1, 0.15) is 26.5 Å². The van der Waals surface area contributed by atoms with Gasteiger partial charge in [-0.3, -0.25) is 9.20 Å². The molecule has 4 aromatic rings. The van der Waals surface area contributed by atoms with E-state index in [-0.39, 0.29) is 12.3 Å². The third-order valence-corrected chi connectivity index (χ3v) is 6.73. The number of esters is 1. The Morgan fingerprint density at radius 2 is 1.97 bits per heavy atom. The summed E-state index contributed by atoms with van der Waals surface area (Å²) in [7, 11) is 1.34. The predicted octanol–water partition coefficient (Wildman–Crippen LogP) is 4.71. The van der Waals surface area contributed by atoms with Gasteiger partial charge in [-0.15, -0.1) is 22.7 Å². The summed E-state index contributed by atoms with van der Waals surface area (Å²) in [5.41, 5.74) is 4.01. The quantitative estimate of drug-likeness (QED) is 0.470. The number of fused-ring (bicyclic) bond motifs is 1. The molecule has 29 heavy (non-hydrogen) atoms. The molecule has 0 aliphatic rings. The number of hydrogen-bond donors (Lipinski definition) is 1. The number of amides is 1. The van der Waals surface area contributed by atoms with Crippen LogP contribution in [0.4, 0.5) is 5.00 Å². The molecule has 3 aromatic heterocycles. The smallest absolute Gasteiger partial charge is 0.341 e. The van der Waals surface area contributed by atoms with Crippen molar-refractivity contribution in [2.24, 2.45) is 0 Å². The van der Waals surface area contributed by atoms with Crippen LogP contribution in [0.25, 0.3) is 16.2 Å². The molecule has 0 atom stereocenters. The fraction of sp³-hybridized carbons (Fsp3) is 0.190. The number of benzene rings is 1. The number of anilines is 1. The number of imidazole rings is 1. The molecule has 0 fully saturated rings. The van der Waals surface area contributed by atoms with Crippen LogP contribution < -0.4 is 5.32 Å². The standard InChI is InChI=1S/C21H19N3O3S2/c1-12-13(2)29-19(18(12)20(26)27-3)23-17(25)9-15-11-28-21-22-16(10-24(15)21)14-7-5-4-6-8-14/h4-8,10-11H,9H2,1-3H3,(H,23,25). The number of aromatic nitrogens is 2. The van der Waals surface area contributed by atoms with E-state index in [4.69, 9.17) is 4.74 Å². The molecule has 1 aromatic carbocycles. The number of hydrogen-bond acceptors (Lipinski definition) is 6. The summed E-state index contributed by atoms with van der Waals surface area (Å²) in [5.74, 6) is -0.631. The topological polar surface area (TPSA) is 72.7 Å². The predicted molar refractivity (Wildman–Crippen MR) is 116 cm³/mol. The second-order valence-corrected chi connectivity index (χ2v) is 8.64. The molecule has 0 saturated heterocycles. The molecule has 8 heteroatoms. The van der Waals surface area contributed by atoms with Crippen molar-refractivity contribution in [3.8, 4) is 11.3 Å². The third-order valence-electron chi connectivity index (χ3n) is 4.72. The van der Waals surface area contributed by atoms with E-state index < -0.39 is 5.97 Å². The molecule has 1 N–H and O–H groups in total. The van der Waals surface area contributed by atoms with Crippen LogP contribution in [0, 0.1) is 13.8 Å². The lowest BCUT2D eigenvalue weighted by atomic mass is 10.1. The van der Waals surface area contributed by atoms with Crippen molar-refractivity contribution < 1.29 is 14.3 Å². The number of thiophene rings is 1. The van der Waals surface area contributed by atoms with Gasteiger partial charge in [0.1, 0.15) is 5.00 Å². The number of nitrogens with zero attached hydrogens (tertiary/aromatic N) is 2. The molecule has 4 rings (SSSR count). The Bertz CT molecular complexity index is 1200. The fourth-order valence-electron chi connectivity index (χ4n) is 3.10. The van der Waals surface area contributed by atoms with E-state index in [0.29, 0.717) is 10.6 Å². The highest BCUT2D eigenvalue weighted by atomic mass is 32.1. The average Bonchev–Trinajstić information content (AvgIpc) is 3.37. The SMILES string of the molecule is COC(=O)c1c(NC(=O)Cc2csc3nc(-c4ccccc4)cn23)sc(C)c1C. The van der Waals surface area contributed by atoms with Gasteiger partial charge in [0.2, 0.25) is 5.91 Å². The maximum atomic E-state index is 12.7. The van der Waals surface area contributed by atoms with Crippen molar-refractivity contribution in [1.29, 1.82) is 0 Å². The lowest BCUT2D eigenvalue weighted by Gasteiger charge is -2.06. The van der Waals surface area contributed by atoms with E-state index in [0.717, 1.165) is 32.4 Å². The molecule has 0 aliphatic carbocycles. The first-order valence-corrected chi connectivity index (χ1v) is 10.7. The second-order valence-electron chi connectivity index (χ2n) is 6.58. The first-order valence-electron chi connectivity index (χ1n) is 8.97. The number of nitrogens with one attached hydrogen (secondary N) is 1. The van der Waals surface area contributed by atoms with Crippen molar-refractivity contribution in [3.05, 3.63) is 63.6 Å². The summed E-state index contributed by atoms with van der Waals surface area (Å²) in [4.78, 5) is 31.3. The van der Waals surface area contributed by atoms with Crippen molar-refractivity contribution in [3.63, 3.8) is 0 Å². The Hall–Kier alpha value is -2.97. The Kier molecular flexibility index (Phi) is 5.21. The molecular weight excluding hydrogens is 406 g/mol. The van der Waals surface area contributed by atoms with Crippen LogP contribution in [0.2, 0.25) is 0 Å². The van der Waals surface area contributed by atoms with Crippen molar-refractivity contribution in [2.75, 3.05) is 12.4 Å². The number of rotatable bonds is 5. The number of ether oxygens (including phenoxy) is 1. The fourth-order valence-corrected chi connectivity index (χ4v) is 5.04. The largest absolute Gasteiger partial charge is 0.465 e. The molecule has 0 bridgehead atoms. The van der Waals surface area contributed by atoms with Crippen LogP contribution in [-0.4, -0.2) is 28.4 Å². The third kappa shape index (κ3) is 3.68. The van der Waals surface area contributed by atoms with Crippen molar-refractivity contribution >= 4 is 44.5 Å². The van der Waals surface area contributed by atoms with E-state index in [1.807, 2.05) is 60.2 Å². The maximum Gasteiger partial charge on any atom is 0.341 e. The molecule has 6 nitrogen and oxygen atoms in total. The molecule has 0 radical (unpaired) electrons. The van der Waals surface area contributed by atoms with E-state index in [9.17, 15) is 9.59 Å². The summed E-state index contributed by atoms with van der Waals surface area (Å²) in [5, 5.41) is 5.34. The van der Waals surface area contributed by atoms with Crippen LogP contribution in [0.3, 0.4) is 0 Å². The number of aryl methyl sites for hydroxylation is 1. The van der Waals surface area contributed by atoms with Gasteiger partial charge in [-0.05, 0) is 19.4 Å². The zero-order chi connectivity index (χ0) is 20.5. The zero-order valence-electron chi connectivity index (χ0n) is 16.2. The zero-order valence-corrected chi connectivity index (χ0v) is 17.8. The summed E-state index contributed by atoms with van der Waals surface area (Å²) in [6.07, 6.45) is 2.13. The Balaban J connectivity index is 1.57. The van der Waals surface area contributed by atoms with Gasteiger partial charge in [0, 0.05) is 27.7 Å². The van der Waals surface area contributed by atoms with Crippen molar-refractivity contribution in [1.82, 2.24) is 9.38 Å². The van der Waals surface area contributed by atoms with Gasteiger partial charge in [0.25, 0.3) is 0 Å².